The maximum absolute atomic E-state index is 13.0. The molecule has 0 atom stereocenters. The average Bonchev–Trinajstić information content (AvgIpc) is 3.66. The summed E-state index contributed by atoms with van der Waals surface area (Å²) in [6.45, 7) is 10.3. The van der Waals surface area contributed by atoms with Crippen LogP contribution in [0.25, 0.3) is 0 Å². The van der Waals surface area contributed by atoms with Crippen molar-refractivity contribution < 1.29 is 13.2 Å². The average molecular weight is 630 g/mol. The first-order valence-electron chi connectivity index (χ1n) is 15.3. The van der Waals surface area contributed by atoms with Crippen LogP contribution in [0, 0.1) is 12.8 Å². The standard InChI is InChI=1S/C31H44ClN7O3S/c1-18(2)17-43(40,41)30-27(16-39(6)38-30)35-29-25(32)15-33-31(37-29)36-26-13-20(5)24(14-28(26)42-23-11-12-23)21-7-9-22(10-8-21)34-19(3)4/h13-16,18-19,21-23,34H,7-12,17H2,1-6H3,(H2,33,35,36,37). The Bertz CT molecular complexity index is 1540. The Kier molecular flexibility index (Phi) is 9.53. The molecule has 0 spiro atoms. The van der Waals surface area contributed by atoms with Crippen LogP contribution in [0.2, 0.25) is 5.02 Å². The van der Waals surface area contributed by atoms with Crippen LogP contribution in [-0.2, 0) is 16.9 Å². The van der Waals surface area contributed by atoms with Crippen LogP contribution in [0.1, 0.15) is 83.3 Å². The molecule has 3 N–H and O–H groups in total. The lowest BCUT2D eigenvalue weighted by Gasteiger charge is -2.32. The van der Waals surface area contributed by atoms with Crippen LogP contribution in [0.3, 0.4) is 0 Å². The minimum atomic E-state index is -3.62. The van der Waals surface area contributed by atoms with E-state index in [2.05, 4.69) is 63.9 Å². The maximum atomic E-state index is 13.0. The van der Waals surface area contributed by atoms with E-state index in [0.29, 0.717) is 29.6 Å². The number of benzene rings is 1. The summed E-state index contributed by atoms with van der Waals surface area (Å²) in [6, 6.07) is 5.41. The van der Waals surface area contributed by atoms with Crippen molar-refractivity contribution >= 4 is 44.6 Å². The number of hydrogen-bond acceptors (Lipinski definition) is 9. The number of hydrogen-bond donors (Lipinski definition) is 3. The van der Waals surface area contributed by atoms with E-state index in [1.54, 1.807) is 13.2 Å². The first-order valence-corrected chi connectivity index (χ1v) is 17.3. The van der Waals surface area contributed by atoms with Crippen LogP contribution in [-0.4, -0.2) is 52.1 Å². The Labute approximate surface area is 260 Å². The fourth-order valence-electron chi connectivity index (χ4n) is 5.81. The van der Waals surface area contributed by atoms with Gasteiger partial charge in [-0.1, -0.05) is 39.3 Å². The fourth-order valence-corrected chi connectivity index (χ4v) is 7.68. The highest BCUT2D eigenvalue weighted by molar-refractivity contribution is 7.91. The van der Waals surface area contributed by atoms with Crippen molar-refractivity contribution in [3.05, 3.63) is 40.7 Å². The molecule has 43 heavy (non-hydrogen) atoms. The molecule has 0 bridgehead atoms. The van der Waals surface area contributed by atoms with E-state index in [9.17, 15) is 8.42 Å². The van der Waals surface area contributed by atoms with Gasteiger partial charge in [0.2, 0.25) is 11.0 Å². The second kappa shape index (κ2) is 13.0. The van der Waals surface area contributed by atoms with Gasteiger partial charge in [0, 0.05) is 25.3 Å². The molecule has 12 heteroatoms. The Morgan fingerprint density at radius 3 is 2.42 bits per heavy atom. The Morgan fingerprint density at radius 2 is 1.77 bits per heavy atom. The van der Waals surface area contributed by atoms with Crippen LogP contribution in [0.5, 0.6) is 5.75 Å². The number of halogens is 1. The third-order valence-corrected chi connectivity index (χ3v) is 10.1. The highest BCUT2D eigenvalue weighted by Crippen LogP contribution is 2.41. The normalized spacial score (nSPS) is 19.2. The molecule has 5 rings (SSSR count). The van der Waals surface area contributed by atoms with Gasteiger partial charge in [0.05, 0.1) is 29.4 Å². The molecule has 1 aromatic carbocycles. The smallest absolute Gasteiger partial charge is 0.229 e. The number of nitrogens with zero attached hydrogens (tertiary/aromatic N) is 4. The molecule has 2 aromatic heterocycles. The monoisotopic (exact) mass is 629 g/mol. The zero-order chi connectivity index (χ0) is 30.9. The van der Waals surface area contributed by atoms with E-state index >= 15 is 0 Å². The lowest BCUT2D eigenvalue weighted by molar-refractivity contribution is 0.302. The number of aryl methyl sites for hydroxylation is 2. The van der Waals surface area contributed by atoms with Crippen molar-refractivity contribution in [3.63, 3.8) is 0 Å². The van der Waals surface area contributed by atoms with Gasteiger partial charge >= 0.3 is 0 Å². The van der Waals surface area contributed by atoms with E-state index in [4.69, 9.17) is 16.3 Å². The van der Waals surface area contributed by atoms with Gasteiger partial charge in [-0.2, -0.15) is 10.1 Å². The number of sulfone groups is 1. The van der Waals surface area contributed by atoms with Crippen LogP contribution < -0.4 is 20.7 Å². The van der Waals surface area contributed by atoms with Gasteiger partial charge in [-0.05, 0) is 80.5 Å². The molecule has 2 aliphatic rings. The van der Waals surface area contributed by atoms with Crippen molar-refractivity contribution in [1.82, 2.24) is 25.1 Å². The minimum absolute atomic E-state index is 0.0155. The van der Waals surface area contributed by atoms with E-state index < -0.39 is 9.84 Å². The number of anilines is 4. The van der Waals surface area contributed by atoms with E-state index in [1.165, 1.54) is 34.8 Å². The molecular weight excluding hydrogens is 586 g/mol. The third kappa shape index (κ3) is 7.99. The minimum Gasteiger partial charge on any atom is -0.488 e. The highest BCUT2D eigenvalue weighted by Gasteiger charge is 2.29. The third-order valence-electron chi connectivity index (χ3n) is 7.81. The summed E-state index contributed by atoms with van der Waals surface area (Å²) in [5.74, 6) is 1.83. The second-order valence-electron chi connectivity index (χ2n) is 12.7. The van der Waals surface area contributed by atoms with Gasteiger partial charge in [-0.3, -0.25) is 4.68 Å². The first-order chi connectivity index (χ1) is 20.4. The molecule has 234 valence electrons. The van der Waals surface area contributed by atoms with Gasteiger partial charge in [-0.25, -0.2) is 13.4 Å². The van der Waals surface area contributed by atoms with Crippen molar-refractivity contribution in [2.75, 3.05) is 16.4 Å². The summed E-state index contributed by atoms with van der Waals surface area (Å²) in [6.07, 6.45) is 10.1. The molecule has 0 unspecified atom stereocenters. The zero-order valence-corrected chi connectivity index (χ0v) is 27.5. The molecule has 2 saturated carbocycles. The molecule has 3 aromatic rings. The highest BCUT2D eigenvalue weighted by atomic mass is 35.5. The van der Waals surface area contributed by atoms with Gasteiger partial charge in [0.15, 0.2) is 15.7 Å². The number of aromatic nitrogens is 4. The van der Waals surface area contributed by atoms with Gasteiger partial charge in [0.1, 0.15) is 10.8 Å². The number of nitrogens with one attached hydrogen (secondary N) is 3. The lowest BCUT2D eigenvalue weighted by atomic mass is 9.80. The number of ether oxygens (including phenoxy) is 1. The molecule has 2 heterocycles. The van der Waals surface area contributed by atoms with Gasteiger partial charge in [0.25, 0.3) is 0 Å². The maximum Gasteiger partial charge on any atom is 0.229 e. The molecule has 2 fully saturated rings. The Hall–Kier alpha value is -2.89. The summed E-state index contributed by atoms with van der Waals surface area (Å²) in [5.41, 5.74) is 3.65. The summed E-state index contributed by atoms with van der Waals surface area (Å²) in [4.78, 5) is 9.01. The fraction of sp³-hybridized carbons (Fsp3) is 0.581. The van der Waals surface area contributed by atoms with Crippen LogP contribution in [0.15, 0.2) is 29.6 Å². The molecule has 2 aliphatic carbocycles. The predicted octanol–water partition coefficient (Wildman–Crippen LogP) is 6.65. The summed E-state index contributed by atoms with van der Waals surface area (Å²) in [7, 11) is -1.94. The molecule has 10 nitrogen and oxygen atoms in total. The molecular formula is C31H44ClN7O3S. The van der Waals surface area contributed by atoms with E-state index in [-0.39, 0.29) is 33.6 Å². The van der Waals surface area contributed by atoms with Crippen molar-refractivity contribution in [1.29, 1.82) is 0 Å². The SMILES string of the molecule is Cc1cc(Nc2ncc(Cl)c(Nc3cn(C)nc3S(=O)(=O)CC(C)C)n2)c(OC2CC2)cc1C1CCC(NC(C)C)CC1. The van der Waals surface area contributed by atoms with Gasteiger partial charge in [-0.15, -0.1) is 0 Å². The summed E-state index contributed by atoms with van der Waals surface area (Å²) >= 11 is 6.46. The van der Waals surface area contributed by atoms with Crippen molar-refractivity contribution in [3.8, 4) is 5.75 Å². The summed E-state index contributed by atoms with van der Waals surface area (Å²) in [5, 5.41) is 14.6. The topological polar surface area (TPSA) is 123 Å². The largest absolute Gasteiger partial charge is 0.488 e. The second-order valence-corrected chi connectivity index (χ2v) is 15.1. The lowest BCUT2D eigenvalue weighted by Crippen LogP contribution is -2.37. The van der Waals surface area contributed by atoms with E-state index in [0.717, 1.165) is 37.1 Å². The predicted molar refractivity (Wildman–Crippen MR) is 172 cm³/mol. The molecule has 0 amide bonds. The molecule has 0 aliphatic heterocycles. The number of rotatable bonds is 12. The van der Waals surface area contributed by atoms with Crippen molar-refractivity contribution in [2.24, 2.45) is 13.0 Å². The van der Waals surface area contributed by atoms with Crippen molar-refractivity contribution in [2.45, 2.75) is 102 Å². The molecule has 0 saturated heterocycles. The quantitative estimate of drug-likeness (QED) is 0.202. The van der Waals surface area contributed by atoms with Gasteiger partial charge < -0.3 is 20.7 Å². The van der Waals surface area contributed by atoms with E-state index in [1.807, 2.05) is 13.8 Å². The Morgan fingerprint density at radius 1 is 1.05 bits per heavy atom. The van der Waals surface area contributed by atoms with Crippen LogP contribution in [0.4, 0.5) is 23.1 Å². The zero-order valence-electron chi connectivity index (χ0n) is 25.9. The first kappa shape index (κ1) is 31.5. The summed E-state index contributed by atoms with van der Waals surface area (Å²) < 4.78 is 33.9. The Balaban J connectivity index is 1.38. The molecule has 0 radical (unpaired) electrons. The van der Waals surface area contributed by atoms with Crippen LogP contribution >= 0.6 is 11.6 Å².